The Morgan fingerprint density at radius 2 is 1.39 bits per heavy atom. The summed E-state index contributed by atoms with van der Waals surface area (Å²) < 4.78 is 21.0. The number of ether oxygens (including phenoxy) is 3. The van der Waals surface area contributed by atoms with Crippen molar-refractivity contribution in [2.24, 2.45) is 0 Å². The van der Waals surface area contributed by atoms with Crippen LogP contribution in [0, 0.1) is 0 Å². The summed E-state index contributed by atoms with van der Waals surface area (Å²) in [5, 5.41) is 13.7. The van der Waals surface area contributed by atoms with Crippen molar-refractivity contribution in [3.8, 4) is 23.0 Å². The van der Waals surface area contributed by atoms with E-state index in [0.717, 1.165) is 11.1 Å². The fourth-order valence-corrected chi connectivity index (χ4v) is 2.58. The molecule has 28 heavy (non-hydrogen) atoms. The van der Waals surface area contributed by atoms with Crippen molar-refractivity contribution in [3.05, 3.63) is 65.0 Å². The molecule has 0 radical (unpaired) electrons. The highest BCUT2D eigenvalue weighted by Gasteiger charge is 2.04. The van der Waals surface area contributed by atoms with Gasteiger partial charge >= 0.3 is 0 Å². The lowest BCUT2D eigenvalue weighted by molar-refractivity contribution is 0.355. The molecule has 2 aromatic carbocycles. The van der Waals surface area contributed by atoms with Gasteiger partial charge in [-0.05, 0) is 47.5 Å². The van der Waals surface area contributed by atoms with Crippen LogP contribution in [0.25, 0.3) is 24.3 Å². The number of phenolic OH excluding ortho intramolecular Hbond substituents is 1. The van der Waals surface area contributed by atoms with Gasteiger partial charge in [-0.2, -0.15) is 0 Å². The van der Waals surface area contributed by atoms with E-state index in [2.05, 4.69) is 5.16 Å². The lowest BCUT2D eigenvalue weighted by Gasteiger charge is -2.07. The molecule has 0 atom stereocenters. The summed E-state index contributed by atoms with van der Waals surface area (Å²) in [5.41, 5.74) is 2.51. The molecule has 3 aromatic rings. The lowest BCUT2D eigenvalue weighted by Crippen LogP contribution is -1.90. The fraction of sp³-hybridized carbons (Fsp3) is 0.136. The van der Waals surface area contributed by atoms with Crippen LogP contribution in [0.3, 0.4) is 0 Å². The summed E-state index contributed by atoms with van der Waals surface area (Å²) in [4.78, 5) is 0. The quantitative estimate of drug-likeness (QED) is 0.639. The van der Waals surface area contributed by atoms with Gasteiger partial charge in [0.2, 0.25) is 0 Å². The van der Waals surface area contributed by atoms with Crippen LogP contribution >= 0.6 is 0 Å². The molecular formula is C22H21NO5. The second-order valence-corrected chi connectivity index (χ2v) is 5.87. The summed E-state index contributed by atoms with van der Waals surface area (Å²) in [6.07, 6.45) is 7.42. The Kier molecular flexibility index (Phi) is 6.01. The van der Waals surface area contributed by atoms with Gasteiger partial charge in [-0.1, -0.05) is 29.4 Å². The molecule has 1 aromatic heterocycles. The van der Waals surface area contributed by atoms with Crippen LogP contribution in [0.1, 0.15) is 22.6 Å². The van der Waals surface area contributed by atoms with Crippen LogP contribution in [0.4, 0.5) is 0 Å². The molecule has 0 aliphatic carbocycles. The number of hydrogen-bond donors (Lipinski definition) is 1. The summed E-state index contributed by atoms with van der Waals surface area (Å²) in [6, 6.07) is 12.6. The maximum Gasteiger partial charge on any atom is 0.161 e. The van der Waals surface area contributed by atoms with E-state index in [4.69, 9.17) is 18.7 Å². The topological polar surface area (TPSA) is 74.0 Å². The number of benzene rings is 2. The molecule has 1 N–H and O–H groups in total. The highest BCUT2D eigenvalue weighted by molar-refractivity contribution is 5.72. The molecule has 0 bridgehead atoms. The number of aromatic nitrogens is 1. The van der Waals surface area contributed by atoms with Crippen LogP contribution in [-0.4, -0.2) is 31.6 Å². The first-order chi connectivity index (χ1) is 13.6. The van der Waals surface area contributed by atoms with Crippen molar-refractivity contribution in [3.63, 3.8) is 0 Å². The number of methoxy groups -OCH3 is 3. The molecule has 0 amide bonds. The molecule has 1 heterocycles. The SMILES string of the molecule is COc1cc(/C=C\c2cc(C=Cc3ccc(OC)c(OC)c3)no2)ccc1O. The molecule has 0 spiro atoms. The molecule has 6 nitrogen and oxygen atoms in total. The van der Waals surface area contributed by atoms with Crippen molar-refractivity contribution in [1.82, 2.24) is 5.16 Å². The van der Waals surface area contributed by atoms with Crippen molar-refractivity contribution in [2.45, 2.75) is 0 Å². The third kappa shape index (κ3) is 4.54. The average molecular weight is 379 g/mol. The molecule has 0 aliphatic rings. The third-order valence-electron chi connectivity index (χ3n) is 4.04. The minimum Gasteiger partial charge on any atom is -0.504 e. The molecule has 3 rings (SSSR count). The minimum absolute atomic E-state index is 0.0990. The van der Waals surface area contributed by atoms with Gasteiger partial charge in [0.1, 0.15) is 5.69 Å². The van der Waals surface area contributed by atoms with Crippen LogP contribution in [0.5, 0.6) is 23.0 Å². The molecule has 6 heteroatoms. The van der Waals surface area contributed by atoms with E-state index in [0.29, 0.717) is 28.7 Å². The highest BCUT2D eigenvalue weighted by atomic mass is 16.5. The predicted molar refractivity (Wildman–Crippen MR) is 109 cm³/mol. The zero-order valence-corrected chi connectivity index (χ0v) is 15.9. The molecule has 0 aliphatic heterocycles. The summed E-state index contributed by atoms with van der Waals surface area (Å²) in [6.45, 7) is 0. The van der Waals surface area contributed by atoms with E-state index in [-0.39, 0.29) is 5.75 Å². The van der Waals surface area contributed by atoms with Crippen LogP contribution < -0.4 is 14.2 Å². The van der Waals surface area contributed by atoms with Gasteiger partial charge in [-0.25, -0.2) is 0 Å². The summed E-state index contributed by atoms with van der Waals surface area (Å²) in [7, 11) is 4.72. The highest BCUT2D eigenvalue weighted by Crippen LogP contribution is 2.29. The van der Waals surface area contributed by atoms with E-state index in [1.807, 2.05) is 42.5 Å². The smallest absolute Gasteiger partial charge is 0.161 e. The monoisotopic (exact) mass is 379 g/mol. The van der Waals surface area contributed by atoms with E-state index in [9.17, 15) is 5.11 Å². The molecule has 0 saturated heterocycles. The van der Waals surface area contributed by atoms with Gasteiger partial charge < -0.3 is 23.8 Å². The van der Waals surface area contributed by atoms with Crippen molar-refractivity contribution in [1.29, 1.82) is 0 Å². The lowest BCUT2D eigenvalue weighted by atomic mass is 10.1. The Bertz CT molecular complexity index is 1000. The van der Waals surface area contributed by atoms with Crippen molar-refractivity contribution >= 4 is 24.3 Å². The van der Waals surface area contributed by atoms with Gasteiger partial charge in [0.25, 0.3) is 0 Å². The van der Waals surface area contributed by atoms with Gasteiger partial charge in [0.05, 0.1) is 21.3 Å². The Morgan fingerprint density at radius 3 is 2.11 bits per heavy atom. The van der Waals surface area contributed by atoms with Crippen LogP contribution in [-0.2, 0) is 0 Å². The maximum atomic E-state index is 9.64. The van der Waals surface area contributed by atoms with Crippen LogP contribution in [0.2, 0.25) is 0 Å². The van der Waals surface area contributed by atoms with Gasteiger partial charge in [0.15, 0.2) is 28.8 Å². The second kappa shape index (κ2) is 8.81. The number of nitrogens with zero attached hydrogens (tertiary/aromatic N) is 1. The van der Waals surface area contributed by atoms with Crippen molar-refractivity contribution in [2.75, 3.05) is 21.3 Å². The average Bonchev–Trinajstić information content (AvgIpc) is 3.19. The van der Waals surface area contributed by atoms with E-state index < -0.39 is 0 Å². The van der Waals surface area contributed by atoms with Crippen molar-refractivity contribution < 1.29 is 23.8 Å². The normalized spacial score (nSPS) is 11.2. The van der Waals surface area contributed by atoms with E-state index in [1.54, 1.807) is 38.5 Å². The maximum absolute atomic E-state index is 9.64. The largest absolute Gasteiger partial charge is 0.504 e. The molecule has 0 fully saturated rings. The molecule has 144 valence electrons. The third-order valence-corrected chi connectivity index (χ3v) is 4.04. The minimum atomic E-state index is 0.0990. The standard InChI is InChI=1S/C22H21NO5/c1-25-20-11-7-15(13-22(20)27-3)4-8-17-14-18(28-23-17)9-5-16-6-10-19(24)21(12-16)26-2/h4-14,24H,1-3H3/b8-4?,9-5-. The van der Waals surface area contributed by atoms with E-state index in [1.165, 1.54) is 7.11 Å². The number of hydrogen-bond acceptors (Lipinski definition) is 6. The van der Waals surface area contributed by atoms with Gasteiger partial charge in [0, 0.05) is 6.07 Å². The predicted octanol–water partition coefficient (Wildman–Crippen LogP) is 4.75. The summed E-state index contributed by atoms with van der Waals surface area (Å²) in [5.74, 6) is 2.47. The van der Waals surface area contributed by atoms with Crippen LogP contribution in [0.15, 0.2) is 47.0 Å². The Balaban J connectivity index is 1.71. The number of aromatic hydroxyl groups is 1. The van der Waals surface area contributed by atoms with Gasteiger partial charge in [-0.3, -0.25) is 0 Å². The first-order valence-electron chi connectivity index (χ1n) is 8.55. The first kappa shape index (κ1) is 19.1. The Morgan fingerprint density at radius 1 is 0.750 bits per heavy atom. The zero-order valence-electron chi connectivity index (χ0n) is 15.9. The Labute approximate surface area is 163 Å². The number of rotatable bonds is 7. The number of phenols is 1. The van der Waals surface area contributed by atoms with Gasteiger partial charge in [-0.15, -0.1) is 0 Å². The fourth-order valence-electron chi connectivity index (χ4n) is 2.58. The summed E-state index contributed by atoms with van der Waals surface area (Å²) >= 11 is 0. The van der Waals surface area contributed by atoms with E-state index >= 15 is 0 Å². The molecular weight excluding hydrogens is 358 g/mol. The molecule has 0 unspecified atom stereocenters. The second-order valence-electron chi connectivity index (χ2n) is 5.87. The first-order valence-corrected chi connectivity index (χ1v) is 8.55. The Hall–Kier alpha value is -3.67. The molecule has 0 saturated carbocycles. The zero-order chi connectivity index (χ0) is 19.9.